The Hall–Kier alpha value is -0.540. The van der Waals surface area contributed by atoms with Gasteiger partial charge in [-0.2, -0.15) is 0 Å². The molecule has 0 fully saturated rings. The maximum absolute atomic E-state index is 5.91. The lowest BCUT2D eigenvalue weighted by Crippen LogP contribution is -2.23. The Balaban J connectivity index is 2.86. The number of anilines is 1. The van der Waals surface area contributed by atoms with Crippen molar-refractivity contribution in [1.29, 1.82) is 0 Å². The van der Waals surface area contributed by atoms with Crippen molar-refractivity contribution >= 4 is 21.6 Å². The minimum Gasteiger partial charge on any atom is -0.372 e. The molecule has 96 valence electrons. The van der Waals surface area contributed by atoms with Gasteiger partial charge in [0.05, 0.1) is 0 Å². The highest BCUT2D eigenvalue weighted by Gasteiger charge is 2.09. The summed E-state index contributed by atoms with van der Waals surface area (Å²) in [7, 11) is 0. The van der Waals surface area contributed by atoms with Crippen LogP contribution in [0.2, 0.25) is 0 Å². The largest absolute Gasteiger partial charge is 0.372 e. The van der Waals surface area contributed by atoms with Gasteiger partial charge in [-0.25, -0.2) is 0 Å². The summed E-state index contributed by atoms with van der Waals surface area (Å²) in [6, 6.07) is 6.54. The summed E-state index contributed by atoms with van der Waals surface area (Å²) >= 11 is 3.61. The van der Waals surface area contributed by atoms with Gasteiger partial charge in [0.15, 0.2) is 0 Å². The monoisotopic (exact) mass is 298 g/mol. The van der Waals surface area contributed by atoms with Crippen LogP contribution in [-0.2, 0) is 0 Å². The molecule has 1 aromatic carbocycles. The van der Waals surface area contributed by atoms with Crippen molar-refractivity contribution in [2.75, 3.05) is 18.0 Å². The van der Waals surface area contributed by atoms with Gasteiger partial charge in [-0.3, -0.25) is 0 Å². The van der Waals surface area contributed by atoms with Gasteiger partial charge >= 0.3 is 0 Å². The van der Waals surface area contributed by atoms with Crippen LogP contribution in [0.4, 0.5) is 5.69 Å². The second kappa shape index (κ2) is 7.02. The number of rotatable bonds is 6. The molecule has 0 aliphatic carbocycles. The van der Waals surface area contributed by atoms with E-state index in [1.807, 2.05) is 6.92 Å². The lowest BCUT2D eigenvalue weighted by Gasteiger charge is -2.24. The molecule has 3 heteroatoms. The Morgan fingerprint density at radius 2 is 2.06 bits per heavy atom. The van der Waals surface area contributed by atoms with E-state index in [2.05, 4.69) is 52.9 Å². The first-order valence-corrected chi connectivity index (χ1v) is 7.19. The highest BCUT2D eigenvalue weighted by molar-refractivity contribution is 9.10. The molecule has 2 N–H and O–H groups in total. The molecule has 1 atom stereocenters. The van der Waals surface area contributed by atoms with Crippen molar-refractivity contribution in [1.82, 2.24) is 0 Å². The minimum absolute atomic E-state index is 0.0733. The predicted octanol–water partition coefficient (Wildman–Crippen LogP) is 4.10. The molecule has 0 spiro atoms. The first kappa shape index (κ1) is 14.5. The molecular formula is C14H23BrN2. The van der Waals surface area contributed by atoms with Gasteiger partial charge in [-0.05, 0) is 38.0 Å². The van der Waals surface area contributed by atoms with Crippen molar-refractivity contribution in [3.8, 4) is 0 Å². The molecule has 0 radical (unpaired) electrons. The number of unbranched alkanes of at least 4 members (excludes halogenated alkanes) is 1. The molecule has 1 aromatic rings. The van der Waals surface area contributed by atoms with Crippen LogP contribution in [0.5, 0.6) is 0 Å². The maximum atomic E-state index is 5.91. The quantitative estimate of drug-likeness (QED) is 0.857. The SMILES string of the molecule is CCCCN(CC)c1ccc(C(C)N)c(Br)c1. The van der Waals surface area contributed by atoms with Gasteiger partial charge in [0.25, 0.3) is 0 Å². The van der Waals surface area contributed by atoms with Gasteiger partial charge in [-0.15, -0.1) is 0 Å². The summed E-state index contributed by atoms with van der Waals surface area (Å²) in [4.78, 5) is 2.40. The predicted molar refractivity (Wildman–Crippen MR) is 79.5 cm³/mol. The molecular weight excluding hydrogens is 276 g/mol. The fourth-order valence-electron chi connectivity index (χ4n) is 1.90. The lowest BCUT2D eigenvalue weighted by atomic mass is 10.1. The van der Waals surface area contributed by atoms with E-state index in [0.29, 0.717) is 0 Å². The van der Waals surface area contributed by atoms with Crippen molar-refractivity contribution in [3.63, 3.8) is 0 Å². The molecule has 0 saturated heterocycles. The van der Waals surface area contributed by atoms with Crippen LogP contribution in [0, 0.1) is 0 Å². The fraction of sp³-hybridized carbons (Fsp3) is 0.571. The van der Waals surface area contributed by atoms with Gasteiger partial charge in [-0.1, -0.05) is 35.3 Å². The lowest BCUT2D eigenvalue weighted by molar-refractivity contribution is 0.731. The van der Waals surface area contributed by atoms with Crippen LogP contribution < -0.4 is 10.6 Å². The highest BCUT2D eigenvalue weighted by atomic mass is 79.9. The average Bonchev–Trinajstić information content (AvgIpc) is 2.29. The summed E-state index contributed by atoms with van der Waals surface area (Å²) in [5.41, 5.74) is 8.35. The fourth-order valence-corrected chi connectivity index (χ4v) is 2.63. The standard InChI is InChI=1S/C14H23BrN2/c1-4-6-9-17(5-2)12-7-8-13(11(3)16)14(15)10-12/h7-8,10-11H,4-6,9,16H2,1-3H3. The van der Waals surface area contributed by atoms with Crippen LogP contribution in [0.15, 0.2) is 22.7 Å². The van der Waals surface area contributed by atoms with E-state index in [4.69, 9.17) is 5.73 Å². The zero-order valence-corrected chi connectivity index (χ0v) is 12.6. The second-order valence-corrected chi connectivity index (χ2v) is 5.28. The van der Waals surface area contributed by atoms with E-state index in [-0.39, 0.29) is 6.04 Å². The second-order valence-electron chi connectivity index (χ2n) is 4.43. The summed E-state index contributed by atoms with van der Waals surface area (Å²) in [6.07, 6.45) is 2.47. The molecule has 0 aliphatic rings. The number of hydrogen-bond acceptors (Lipinski definition) is 2. The number of halogens is 1. The number of nitrogens with two attached hydrogens (primary N) is 1. The van der Waals surface area contributed by atoms with E-state index < -0.39 is 0 Å². The van der Waals surface area contributed by atoms with E-state index in [1.54, 1.807) is 0 Å². The normalized spacial score (nSPS) is 12.5. The maximum Gasteiger partial charge on any atom is 0.0377 e. The summed E-state index contributed by atoms with van der Waals surface area (Å²) in [5.74, 6) is 0. The number of hydrogen-bond donors (Lipinski definition) is 1. The van der Waals surface area contributed by atoms with Crippen LogP contribution >= 0.6 is 15.9 Å². The molecule has 2 nitrogen and oxygen atoms in total. The van der Waals surface area contributed by atoms with E-state index in [9.17, 15) is 0 Å². The minimum atomic E-state index is 0.0733. The molecule has 0 aliphatic heterocycles. The summed E-state index contributed by atoms with van der Waals surface area (Å²) in [6.45, 7) is 8.60. The molecule has 1 unspecified atom stereocenters. The molecule has 1 rings (SSSR count). The first-order valence-electron chi connectivity index (χ1n) is 6.40. The van der Waals surface area contributed by atoms with Crippen LogP contribution in [-0.4, -0.2) is 13.1 Å². The number of nitrogens with zero attached hydrogens (tertiary/aromatic N) is 1. The molecule has 0 aromatic heterocycles. The van der Waals surface area contributed by atoms with Crippen LogP contribution in [0.1, 0.15) is 45.2 Å². The first-order chi connectivity index (χ1) is 8.10. The van der Waals surface area contributed by atoms with Crippen LogP contribution in [0.25, 0.3) is 0 Å². The van der Waals surface area contributed by atoms with Crippen molar-refractivity contribution in [2.24, 2.45) is 5.73 Å². The Labute approximate surface area is 113 Å². The van der Waals surface area contributed by atoms with Gasteiger partial charge in [0.2, 0.25) is 0 Å². The van der Waals surface area contributed by atoms with Crippen molar-refractivity contribution < 1.29 is 0 Å². The Morgan fingerprint density at radius 3 is 2.53 bits per heavy atom. The number of benzene rings is 1. The molecule has 17 heavy (non-hydrogen) atoms. The van der Waals surface area contributed by atoms with Crippen molar-refractivity contribution in [2.45, 2.75) is 39.7 Å². The van der Waals surface area contributed by atoms with Crippen molar-refractivity contribution in [3.05, 3.63) is 28.2 Å². The smallest absolute Gasteiger partial charge is 0.0377 e. The zero-order valence-electron chi connectivity index (χ0n) is 11.0. The molecule has 0 amide bonds. The molecule has 0 saturated carbocycles. The third-order valence-electron chi connectivity index (χ3n) is 3.00. The van der Waals surface area contributed by atoms with E-state index in [0.717, 1.165) is 17.6 Å². The third kappa shape index (κ3) is 4.00. The Bertz CT molecular complexity index is 350. The van der Waals surface area contributed by atoms with Gasteiger partial charge in [0, 0.05) is 29.3 Å². The topological polar surface area (TPSA) is 29.3 Å². The van der Waals surface area contributed by atoms with Gasteiger partial charge in [0.1, 0.15) is 0 Å². The Morgan fingerprint density at radius 1 is 1.35 bits per heavy atom. The van der Waals surface area contributed by atoms with Crippen LogP contribution in [0.3, 0.4) is 0 Å². The van der Waals surface area contributed by atoms with E-state index in [1.165, 1.54) is 24.1 Å². The molecule has 0 heterocycles. The highest BCUT2D eigenvalue weighted by Crippen LogP contribution is 2.27. The zero-order chi connectivity index (χ0) is 12.8. The average molecular weight is 299 g/mol. The summed E-state index contributed by atoms with van der Waals surface area (Å²) < 4.78 is 1.11. The third-order valence-corrected chi connectivity index (χ3v) is 3.69. The Kier molecular flexibility index (Phi) is 6.00. The van der Waals surface area contributed by atoms with Gasteiger partial charge < -0.3 is 10.6 Å². The summed E-state index contributed by atoms with van der Waals surface area (Å²) in [5, 5.41) is 0. The van der Waals surface area contributed by atoms with E-state index >= 15 is 0 Å². The molecule has 0 bridgehead atoms.